The van der Waals surface area contributed by atoms with Crippen molar-refractivity contribution in [1.29, 1.82) is 0 Å². The van der Waals surface area contributed by atoms with Gasteiger partial charge in [0.2, 0.25) is 0 Å². The van der Waals surface area contributed by atoms with Gasteiger partial charge >= 0.3 is 0 Å². The molecule has 0 atom stereocenters. The fraction of sp³-hybridized carbons (Fsp3) is 0.100. The second-order valence-electron chi connectivity index (χ2n) is 3.13. The first-order valence-corrected chi connectivity index (χ1v) is 5.85. The zero-order valence-electron chi connectivity index (χ0n) is 9.03. The molecule has 0 bridgehead atoms. The van der Waals surface area contributed by atoms with Crippen molar-refractivity contribution in [2.75, 3.05) is 5.32 Å². The average Bonchev–Trinajstić information content (AvgIpc) is 2.28. The van der Waals surface area contributed by atoms with Crippen molar-refractivity contribution in [3.05, 3.63) is 29.3 Å². The van der Waals surface area contributed by atoms with Gasteiger partial charge in [-0.2, -0.15) is 5.10 Å². The molecule has 0 aliphatic carbocycles. The van der Waals surface area contributed by atoms with Gasteiger partial charge in [-0.1, -0.05) is 23.8 Å². The lowest BCUT2D eigenvalue weighted by Gasteiger charge is -2.07. The van der Waals surface area contributed by atoms with E-state index in [1.807, 2.05) is 12.1 Å². The number of halogens is 1. The molecule has 0 unspecified atom stereocenters. The van der Waals surface area contributed by atoms with E-state index >= 15 is 0 Å². The topological polar surface area (TPSA) is 62.4 Å². The van der Waals surface area contributed by atoms with Crippen LogP contribution in [0.15, 0.2) is 29.4 Å². The van der Waals surface area contributed by atoms with Gasteiger partial charge < -0.3 is 11.1 Å². The van der Waals surface area contributed by atoms with Gasteiger partial charge in [0, 0.05) is 10.7 Å². The normalized spacial score (nSPS) is 10.8. The van der Waals surface area contributed by atoms with Gasteiger partial charge in [-0.3, -0.25) is 5.43 Å². The molecule has 0 aliphatic rings. The lowest BCUT2D eigenvalue weighted by molar-refractivity contribution is 1.03. The van der Waals surface area contributed by atoms with E-state index < -0.39 is 0 Å². The summed E-state index contributed by atoms with van der Waals surface area (Å²) in [5.74, 6) is 0. The Morgan fingerprint density at radius 2 is 1.88 bits per heavy atom. The molecule has 0 fully saturated rings. The molecule has 0 saturated carbocycles. The number of nitrogens with zero attached hydrogens (tertiary/aromatic N) is 1. The highest BCUT2D eigenvalue weighted by atomic mass is 35.5. The molecule has 4 nitrogen and oxygen atoms in total. The molecule has 1 aromatic carbocycles. The zero-order valence-corrected chi connectivity index (χ0v) is 11.4. The van der Waals surface area contributed by atoms with E-state index in [0.717, 1.165) is 5.69 Å². The maximum absolute atomic E-state index is 5.77. The highest BCUT2D eigenvalue weighted by molar-refractivity contribution is 7.82. The van der Waals surface area contributed by atoms with Crippen LogP contribution in [0, 0.1) is 0 Å². The lowest BCUT2D eigenvalue weighted by atomic mass is 10.3. The van der Waals surface area contributed by atoms with Crippen molar-refractivity contribution >= 4 is 57.5 Å². The number of nitrogens with two attached hydrogens (primary N) is 1. The van der Waals surface area contributed by atoms with Crippen LogP contribution in [-0.2, 0) is 0 Å². The first kappa shape index (κ1) is 13.8. The van der Waals surface area contributed by atoms with Crippen LogP contribution < -0.4 is 16.5 Å². The molecule has 0 spiro atoms. The fourth-order valence-electron chi connectivity index (χ4n) is 0.944. The smallest absolute Gasteiger partial charge is 0.184 e. The second-order valence-corrected chi connectivity index (χ2v) is 4.42. The van der Waals surface area contributed by atoms with Crippen LogP contribution in [0.25, 0.3) is 0 Å². The van der Waals surface area contributed by atoms with Crippen molar-refractivity contribution in [1.82, 2.24) is 5.43 Å². The number of anilines is 1. The quantitative estimate of drug-likeness (QED) is 0.452. The van der Waals surface area contributed by atoms with Crippen LogP contribution in [0.5, 0.6) is 0 Å². The molecule has 4 N–H and O–H groups in total. The van der Waals surface area contributed by atoms with Gasteiger partial charge in [0.15, 0.2) is 5.11 Å². The molecule has 90 valence electrons. The van der Waals surface area contributed by atoms with Gasteiger partial charge in [0.25, 0.3) is 0 Å². The standard InChI is InChI=1S/C10H11ClN4S2/c1-6(14-15-10(12)17)9(16)13-8-4-2-7(11)3-5-8/h2-5H,1H3,(H,13,16)(H3,12,15,17)/b14-6+. The summed E-state index contributed by atoms with van der Waals surface area (Å²) < 4.78 is 0. The van der Waals surface area contributed by atoms with Gasteiger partial charge in [-0.15, -0.1) is 0 Å². The van der Waals surface area contributed by atoms with Crippen molar-refractivity contribution in [2.24, 2.45) is 10.8 Å². The number of benzene rings is 1. The van der Waals surface area contributed by atoms with Crippen LogP contribution in [0.4, 0.5) is 5.69 Å². The van der Waals surface area contributed by atoms with Crippen molar-refractivity contribution < 1.29 is 0 Å². The molecule has 0 saturated heterocycles. The van der Waals surface area contributed by atoms with Gasteiger partial charge in [0.1, 0.15) is 4.99 Å². The molecule has 17 heavy (non-hydrogen) atoms. The third kappa shape index (κ3) is 5.08. The summed E-state index contributed by atoms with van der Waals surface area (Å²) in [6.07, 6.45) is 0. The Hall–Kier alpha value is -1.24. The van der Waals surface area contributed by atoms with E-state index in [9.17, 15) is 0 Å². The van der Waals surface area contributed by atoms with Crippen molar-refractivity contribution in [3.63, 3.8) is 0 Å². The highest BCUT2D eigenvalue weighted by Gasteiger charge is 2.02. The summed E-state index contributed by atoms with van der Waals surface area (Å²) >= 11 is 15.5. The van der Waals surface area contributed by atoms with Crippen LogP contribution in [0.3, 0.4) is 0 Å². The predicted molar refractivity (Wildman–Crippen MR) is 80.7 cm³/mol. The molecular formula is C10H11ClN4S2. The number of hydrazone groups is 1. The molecular weight excluding hydrogens is 276 g/mol. The van der Waals surface area contributed by atoms with E-state index in [2.05, 4.69) is 28.1 Å². The number of nitrogens with one attached hydrogen (secondary N) is 2. The summed E-state index contributed by atoms with van der Waals surface area (Å²) in [5, 5.41) is 7.68. The Morgan fingerprint density at radius 3 is 2.41 bits per heavy atom. The van der Waals surface area contributed by atoms with Crippen LogP contribution in [0.2, 0.25) is 5.02 Å². The molecule has 0 aromatic heterocycles. The Labute approximate surface area is 115 Å². The zero-order chi connectivity index (χ0) is 12.8. The Bertz CT molecular complexity index is 456. The summed E-state index contributed by atoms with van der Waals surface area (Å²) in [7, 11) is 0. The van der Waals surface area contributed by atoms with Crippen LogP contribution in [-0.4, -0.2) is 15.8 Å². The maximum Gasteiger partial charge on any atom is 0.184 e. The monoisotopic (exact) mass is 286 g/mol. The summed E-state index contributed by atoms with van der Waals surface area (Å²) in [6, 6.07) is 7.18. The van der Waals surface area contributed by atoms with Gasteiger partial charge in [-0.25, -0.2) is 0 Å². The van der Waals surface area contributed by atoms with E-state index in [4.69, 9.17) is 29.6 Å². The first-order valence-electron chi connectivity index (χ1n) is 4.65. The molecule has 7 heteroatoms. The van der Waals surface area contributed by atoms with Gasteiger partial charge in [0.05, 0.1) is 5.71 Å². The maximum atomic E-state index is 5.77. The minimum absolute atomic E-state index is 0.0960. The minimum atomic E-state index is 0.0960. The fourth-order valence-corrected chi connectivity index (χ4v) is 1.28. The third-order valence-electron chi connectivity index (χ3n) is 1.76. The lowest BCUT2D eigenvalue weighted by Crippen LogP contribution is -2.28. The molecule has 1 aromatic rings. The molecule has 0 radical (unpaired) electrons. The minimum Gasteiger partial charge on any atom is -0.375 e. The van der Waals surface area contributed by atoms with E-state index in [0.29, 0.717) is 15.7 Å². The first-order chi connectivity index (χ1) is 7.99. The number of hydrogen-bond acceptors (Lipinski definition) is 3. The second kappa shape index (κ2) is 6.48. The van der Waals surface area contributed by atoms with E-state index in [1.165, 1.54) is 0 Å². The van der Waals surface area contributed by atoms with Gasteiger partial charge in [-0.05, 0) is 43.4 Å². The Balaban J connectivity index is 2.63. The number of hydrogen-bond donors (Lipinski definition) is 3. The SMILES string of the molecule is C/C(=N\NC(N)=S)C(=S)Nc1ccc(Cl)cc1. The molecule has 0 amide bonds. The Morgan fingerprint density at radius 1 is 1.29 bits per heavy atom. The molecule has 1 rings (SSSR count). The molecule has 0 heterocycles. The average molecular weight is 287 g/mol. The number of thiocarbonyl (C=S) groups is 2. The predicted octanol–water partition coefficient (Wildman–Crippen LogP) is 2.29. The molecule has 0 aliphatic heterocycles. The van der Waals surface area contributed by atoms with Crippen LogP contribution >= 0.6 is 36.0 Å². The summed E-state index contributed by atoms with van der Waals surface area (Å²) in [5.41, 5.74) is 9.14. The largest absolute Gasteiger partial charge is 0.375 e. The van der Waals surface area contributed by atoms with Crippen LogP contribution in [0.1, 0.15) is 6.92 Å². The van der Waals surface area contributed by atoms with E-state index in [1.54, 1.807) is 19.1 Å². The summed E-state index contributed by atoms with van der Waals surface area (Å²) in [4.78, 5) is 0.482. The van der Waals surface area contributed by atoms with Crippen molar-refractivity contribution in [2.45, 2.75) is 6.92 Å². The van der Waals surface area contributed by atoms with Crippen molar-refractivity contribution in [3.8, 4) is 0 Å². The Kier molecular flexibility index (Phi) is 5.27. The third-order valence-corrected chi connectivity index (χ3v) is 2.51. The summed E-state index contributed by atoms with van der Waals surface area (Å²) in [6.45, 7) is 1.75. The highest BCUT2D eigenvalue weighted by Crippen LogP contribution is 2.13. The van der Waals surface area contributed by atoms with E-state index in [-0.39, 0.29) is 5.11 Å². The number of rotatable bonds is 3.